The number of rotatable bonds is 3. The van der Waals surface area contributed by atoms with Gasteiger partial charge in [-0.3, -0.25) is 4.79 Å². The molecule has 1 aromatic heterocycles. The lowest BCUT2D eigenvalue weighted by atomic mass is 10.0. The molecular weight excluding hydrogens is 327 g/mol. The minimum absolute atomic E-state index is 0.136. The zero-order valence-corrected chi connectivity index (χ0v) is 11.3. The number of aromatic amines is 1. The fourth-order valence-corrected chi connectivity index (χ4v) is 2.29. The van der Waals surface area contributed by atoms with Crippen molar-refractivity contribution < 1.29 is 0 Å². The summed E-state index contributed by atoms with van der Waals surface area (Å²) in [5, 5.41) is 10.0. The first kappa shape index (κ1) is 12.1. The number of nitriles is 1. The van der Waals surface area contributed by atoms with E-state index in [1.54, 1.807) is 12.1 Å². The molecule has 0 saturated carbocycles. The van der Waals surface area contributed by atoms with E-state index in [4.69, 9.17) is 5.26 Å². The average molecular weight is 338 g/mol. The van der Waals surface area contributed by atoms with Gasteiger partial charge in [0.25, 0.3) is 0 Å². The Labute approximate surface area is 113 Å². The summed E-state index contributed by atoms with van der Waals surface area (Å²) in [5.74, 6) is 0. The van der Waals surface area contributed by atoms with Crippen molar-refractivity contribution in [1.29, 1.82) is 5.26 Å². The van der Waals surface area contributed by atoms with Crippen molar-refractivity contribution in [2.45, 2.75) is 12.8 Å². The zero-order valence-electron chi connectivity index (χ0n) is 9.16. The van der Waals surface area contributed by atoms with Crippen molar-refractivity contribution in [2.24, 2.45) is 0 Å². The minimum Gasteiger partial charge on any atom is -0.321 e. The van der Waals surface area contributed by atoms with Gasteiger partial charge in [0.2, 0.25) is 5.56 Å². The number of halogens is 1. The molecule has 0 atom stereocenters. The fourth-order valence-electron chi connectivity index (χ4n) is 1.91. The Bertz CT molecular complexity index is 640. The number of para-hydroxylation sites is 1. The number of pyridine rings is 1. The van der Waals surface area contributed by atoms with E-state index < -0.39 is 0 Å². The lowest BCUT2D eigenvalue weighted by molar-refractivity contribution is 0.949. The van der Waals surface area contributed by atoms with Gasteiger partial charge in [0.15, 0.2) is 0 Å². The molecule has 1 aromatic carbocycles. The maximum atomic E-state index is 11.6. The summed E-state index contributed by atoms with van der Waals surface area (Å²) < 4.78 is 1.06. The molecule has 0 aliphatic rings. The number of fused-ring (bicyclic) bond motifs is 1. The molecule has 0 fully saturated rings. The van der Waals surface area contributed by atoms with E-state index in [1.807, 2.05) is 12.1 Å². The molecule has 2 rings (SSSR count). The number of hydrogen-bond donors (Lipinski definition) is 1. The summed E-state index contributed by atoms with van der Waals surface area (Å²) in [5.41, 5.74) is 2.07. The Hall–Kier alpha value is -1.35. The SMILES string of the molecule is N#Cc1cccc2c(CCCI)cc(=O)[nH]c12. The second-order valence-electron chi connectivity index (χ2n) is 3.79. The van der Waals surface area contributed by atoms with Gasteiger partial charge in [0.05, 0.1) is 11.1 Å². The first-order chi connectivity index (χ1) is 8.26. The first-order valence-corrected chi connectivity index (χ1v) is 6.90. The number of benzene rings is 1. The molecule has 2 aromatic rings. The van der Waals surface area contributed by atoms with Crippen LogP contribution in [0.5, 0.6) is 0 Å². The van der Waals surface area contributed by atoms with Crippen LogP contribution in [0.15, 0.2) is 29.1 Å². The second kappa shape index (κ2) is 5.32. The van der Waals surface area contributed by atoms with E-state index >= 15 is 0 Å². The topological polar surface area (TPSA) is 56.6 Å². The average Bonchev–Trinajstić information content (AvgIpc) is 2.35. The molecule has 0 bridgehead atoms. The smallest absolute Gasteiger partial charge is 0.248 e. The second-order valence-corrected chi connectivity index (χ2v) is 4.87. The largest absolute Gasteiger partial charge is 0.321 e. The van der Waals surface area contributed by atoms with Crippen molar-refractivity contribution in [1.82, 2.24) is 4.98 Å². The van der Waals surface area contributed by atoms with Crippen LogP contribution in [0.25, 0.3) is 10.9 Å². The summed E-state index contributed by atoms with van der Waals surface area (Å²) >= 11 is 2.32. The summed E-state index contributed by atoms with van der Waals surface area (Å²) in [6.45, 7) is 0. The van der Waals surface area contributed by atoms with E-state index in [0.29, 0.717) is 11.1 Å². The van der Waals surface area contributed by atoms with Crippen molar-refractivity contribution >= 4 is 33.5 Å². The molecule has 3 nitrogen and oxygen atoms in total. The van der Waals surface area contributed by atoms with Gasteiger partial charge in [-0.1, -0.05) is 34.7 Å². The first-order valence-electron chi connectivity index (χ1n) is 5.37. The van der Waals surface area contributed by atoms with Gasteiger partial charge in [-0.15, -0.1) is 0 Å². The summed E-state index contributed by atoms with van der Waals surface area (Å²) in [7, 11) is 0. The summed E-state index contributed by atoms with van der Waals surface area (Å²) in [6.07, 6.45) is 1.91. The third-order valence-corrected chi connectivity index (χ3v) is 3.43. The van der Waals surface area contributed by atoms with Crippen LogP contribution in [-0.2, 0) is 6.42 Å². The molecule has 4 heteroatoms. The van der Waals surface area contributed by atoms with Gasteiger partial charge in [0, 0.05) is 11.5 Å². The Kier molecular flexibility index (Phi) is 3.79. The molecule has 0 aliphatic heterocycles. The van der Waals surface area contributed by atoms with Crippen molar-refractivity contribution in [2.75, 3.05) is 4.43 Å². The number of nitrogens with one attached hydrogen (secondary N) is 1. The van der Waals surface area contributed by atoms with E-state index in [0.717, 1.165) is 28.2 Å². The molecule has 0 spiro atoms. The van der Waals surface area contributed by atoms with Crippen LogP contribution < -0.4 is 5.56 Å². The quantitative estimate of drug-likeness (QED) is 0.691. The van der Waals surface area contributed by atoms with E-state index in [2.05, 4.69) is 33.6 Å². The highest BCUT2D eigenvalue weighted by Crippen LogP contribution is 2.19. The van der Waals surface area contributed by atoms with Gasteiger partial charge in [-0.2, -0.15) is 5.26 Å². The van der Waals surface area contributed by atoms with Gasteiger partial charge in [-0.25, -0.2) is 0 Å². The molecule has 0 aliphatic carbocycles. The van der Waals surface area contributed by atoms with Crippen molar-refractivity contribution in [3.8, 4) is 6.07 Å². The molecule has 1 N–H and O–H groups in total. The number of aryl methyl sites for hydroxylation is 1. The molecule has 0 radical (unpaired) electrons. The Morgan fingerprint density at radius 1 is 1.41 bits per heavy atom. The predicted molar refractivity (Wildman–Crippen MR) is 76.5 cm³/mol. The maximum Gasteiger partial charge on any atom is 0.248 e. The lowest BCUT2D eigenvalue weighted by Gasteiger charge is -2.06. The number of hydrogen-bond acceptors (Lipinski definition) is 2. The Morgan fingerprint density at radius 3 is 2.94 bits per heavy atom. The van der Waals surface area contributed by atoms with Crippen LogP contribution in [0.2, 0.25) is 0 Å². The van der Waals surface area contributed by atoms with Crippen LogP contribution in [0.1, 0.15) is 17.5 Å². The molecule has 0 saturated heterocycles. The molecule has 0 unspecified atom stereocenters. The van der Waals surface area contributed by atoms with Gasteiger partial charge < -0.3 is 4.98 Å². The lowest BCUT2D eigenvalue weighted by Crippen LogP contribution is -2.07. The van der Waals surface area contributed by atoms with E-state index in [1.165, 1.54) is 0 Å². The standard InChI is InChI=1S/C13H11IN2O/c14-6-2-4-9-7-12(17)16-13-10(8-15)3-1-5-11(9)13/h1,3,5,7H,2,4,6H2,(H,16,17). The number of nitrogens with zero attached hydrogens (tertiary/aromatic N) is 1. The van der Waals surface area contributed by atoms with Crippen LogP contribution in [-0.4, -0.2) is 9.41 Å². The number of alkyl halides is 1. The van der Waals surface area contributed by atoms with Gasteiger partial charge in [-0.05, 0) is 28.9 Å². The fraction of sp³-hybridized carbons (Fsp3) is 0.231. The molecular formula is C13H11IN2O. The minimum atomic E-state index is -0.136. The van der Waals surface area contributed by atoms with Crippen LogP contribution in [0.3, 0.4) is 0 Å². The Morgan fingerprint density at radius 2 is 2.24 bits per heavy atom. The summed E-state index contributed by atoms with van der Waals surface area (Å²) in [6, 6.07) is 9.27. The van der Waals surface area contributed by atoms with Crippen LogP contribution in [0, 0.1) is 11.3 Å². The highest BCUT2D eigenvalue weighted by atomic mass is 127. The van der Waals surface area contributed by atoms with E-state index in [-0.39, 0.29) is 5.56 Å². The highest BCUT2D eigenvalue weighted by Gasteiger charge is 2.06. The third-order valence-electron chi connectivity index (χ3n) is 2.66. The highest BCUT2D eigenvalue weighted by molar-refractivity contribution is 14.1. The monoisotopic (exact) mass is 338 g/mol. The molecule has 17 heavy (non-hydrogen) atoms. The number of H-pyrrole nitrogens is 1. The Balaban J connectivity index is 2.69. The third kappa shape index (κ3) is 2.50. The number of aromatic nitrogens is 1. The summed E-state index contributed by atoms with van der Waals surface area (Å²) in [4.78, 5) is 14.3. The zero-order chi connectivity index (χ0) is 12.3. The van der Waals surface area contributed by atoms with Gasteiger partial charge in [0.1, 0.15) is 6.07 Å². The van der Waals surface area contributed by atoms with Gasteiger partial charge >= 0.3 is 0 Å². The predicted octanol–water partition coefficient (Wildman–Crippen LogP) is 2.77. The molecule has 1 heterocycles. The van der Waals surface area contributed by atoms with Crippen molar-refractivity contribution in [3.63, 3.8) is 0 Å². The van der Waals surface area contributed by atoms with E-state index in [9.17, 15) is 4.79 Å². The van der Waals surface area contributed by atoms with Crippen LogP contribution in [0.4, 0.5) is 0 Å². The van der Waals surface area contributed by atoms with Crippen molar-refractivity contribution in [3.05, 3.63) is 45.7 Å². The molecule has 0 amide bonds. The normalized spacial score (nSPS) is 10.4. The molecule has 86 valence electrons. The maximum absolute atomic E-state index is 11.6. The van der Waals surface area contributed by atoms with Crippen LogP contribution >= 0.6 is 22.6 Å².